The van der Waals surface area contributed by atoms with Crippen molar-refractivity contribution in [2.24, 2.45) is 17.8 Å². The fourth-order valence-electron chi connectivity index (χ4n) is 11.9. The number of carbonyl (C=O) groups excluding carboxylic acids is 4. The molecule has 0 aliphatic carbocycles. The van der Waals surface area contributed by atoms with Crippen molar-refractivity contribution in [3.8, 4) is 0 Å². The van der Waals surface area contributed by atoms with Gasteiger partial charge in [-0.05, 0) is 43.4 Å². The normalized spacial score (nSPS) is 14.3. The third-order valence-electron chi connectivity index (χ3n) is 18.5. The zero-order chi connectivity index (χ0) is 71.6. The van der Waals surface area contributed by atoms with Gasteiger partial charge < -0.3 is 33.8 Å². The highest BCUT2D eigenvalue weighted by atomic mass is 31.2. The smallest absolute Gasteiger partial charge is 0.462 e. The summed E-state index contributed by atoms with van der Waals surface area (Å²) in [6, 6.07) is 0. The van der Waals surface area contributed by atoms with Crippen LogP contribution in [0.15, 0.2) is 0 Å². The lowest BCUT2D eigenvalue weighted by Crippen LogP contribution is -2.30. The first-order valence-corrected chi connectivity index (χ1v) is 43.4. The maximum absolute atomic E-state index is 13.1. The minimum Gasteiger partial charge on any atom is -0.462 e. The van der Waals surface area contributed by atoms with E-state index in [1.165, 1.54) is 212 Å². The molecule has 0 fully saturated rings. The Labute approximate surface area is 594 Å². The Balaban J connectivity index is 5.26. The highest BCUT2D eigenvalue weighted by Crippen LogP contribution is 2.45. The summed E-state index contributed by atoms with van der Waals surface area (Å²) in [5.74, 6) is 0.250. The van der Waals surface area contributed by atoms with Crippen LogP contribution in [0.1, 0.15) is 402 Å². The van der Waals surface area contributed by atoms with E-state index < -0.39 is 97.5 Å². The number of phosphoric acid groups is 2. The molecule has 19 heteroatoms. The van der Waals surface area contributed by atoms with Gasteiger partial charge in [0.25, 0.3) is 0 Å². The van der Waals surface area contributed by atoms with Crippen molar-refractivity contribution in [2.45, 2.75) is 420 Å². The van der Waals surface area contributed by atoms with Crippen molar-refractivity contribution >= 4 is 39.5 Å². The monoisotopic (exact) mass is 1420 g/mol. The Morgan fingerprint density at radius 1 is 0.299 bits per heavy atom. The molecule has 0 spiro atoms. The van der Waals surface area contributed by atoms with Crippen molar-refractivity contribution in [1.82, 2.24) is 0 Å². The number of esters is 4. The standard InChI is InChI=1S/C78H152O17P2/c1-8-10-11-12-13-14-15-24-31-38-45-52-59-75(80)88-66-74(95-78(83)62-55-48-41-34-27-29-36-43-50-57-70(5)6)68-93-97(86,87)91-64-72(79)63-90-96(84,85)92-67-73(65-89-76(81)60-53-46-39-32-25-21-20-22-28-35-42-49-56-69(3)4)94-77(82)61-54-47-40-33-26-19-17-16-18-23-30-37-44-51-58-71(7)9-2/h69-74,79H,8-68H2,1-7H3,(H,84,85)(H,86,87)/t71?,72-,73-,74-/m1/s1. The SMILES string of the molecule is CCCCCCCCCCCCCCC(=O)OC[C@H](COP(=O)(O)OC[C@H](O)COP(=O)(O)OC[C@@H](COC(=O)CCCCCCCCCCCCCCC(C)C)OC(=O)CCCCCCCCCCCCCCCCC(C)CC)OC(=O)CCCCCCCCCCCC(C)C. The molecule has 17 nitrogen and oxygen atoms in total. The highest BCUT2D eigenvalue weighted by molar-refractivity contribution is 7.47. The molecule has 0 saturated carbocycles. The average Bonchev–Trinajstić information content (AvgIpc) is 1.53. The lowest BCUT2D eigenvalue weighted by molar-refractivity contribution is -0.161. The van der Waals surface area contributed by atoms with Crippen LogP contribution in [0.3, 0.4) is 0 Å². The predicted molar refractivity (Wildman–Crippen MR) is 395 cm³/mol. The Morgan fingerprint density at radius 3 is 0.784 bits per heavy atom. The zero-order valence-electron chi connectivity index (χ0n) is 63.5. The van der Waals surface area contributed by atoms with Crippen LogP contribution in [0.2, 0.25) is 0 Å². The van der Waals surface area contributed by atoms with E-state index in [-0.39, 0.29) is 25.7 Å². The van der Waals surface area contributed by atoms with E-state index in [0.717, 1.165) is 108 Å². The van der Waals surface area contributed by atoms with Gasteiger partial charge in [-0.3, -0.25) is 37.3 Å². The number of hydrogen-bond donors (Lipinski definition) is 3. The van der Waals surface area contributed by atoms with Gasteiger partial charge in [-0.1, -0.05) is 350 Å². The summed E-state index contributed by atoms with van der Waals surface area (Å²) in [4.78, 5) is 72.9. The van der Waals surface area contributed by atoms with Crippen molar-refractivity contribution in [1.29, 1.82) is 0 Å². The molecule has 6 atom stereocenters. The van der Waals surface area contributed by atoms with Gasteiger partial charge in [0.2, 0.25) is 0 Å². The van der Waals surface area contributed by atoms with Crippen LogP contribution in [-0.4, -0.2) is 96.7 Å². The van der Waals surface area contributed by atoms with E-state index in [9.17, 15) is 43.2 Å². The van der Waals surface area contributed by atoms with E-state index in [0.29, 0.717) is 25.7 Å². The molecule has 0 bridgehead atoms. The molecule has 0 saturated heterocycles. The minimum absolute atomic E-state index is 0.106. The second-order valence-corrected chi connectivity index (χ2v) is 32.2. The van der Waals surface area contributed by atoms with E-state index in [1.54, 1.807) is 0 Å². The Kier molecular flexibility index (Phi) is 67.1. The number of phosphoric ester groups is 2. The van der Waals surface area contributed by atoms with Crippen LogP contribution in [0.25, 0.3) is 0 Å². The summed E-state index contributed by atoms with van der Waals surface area (Å²) in [5.41, 5.74) is 0. The van der Waals surface area contributed by atoms with Crippen LogP contribution in [-0.2, 0) is 65.4 Å². The summed E-state index contributed by atoms with van der Waals surface area (Å²) >= 11 is 0. The first kappa shape index (κ1) is 95.1. The molecular formula is C78H152O17P2. The van der Waals surface area contributed by atoms with Crippen LogP contribution in [0.5, 0.6) is 0 Å². The Morgan fingerprint density at radius 2 is 0.526 bits per heavy atom. The average molecular weight is 1420 g/mol. The molecule has 0 rings (SSSR count). The largest absolute Gasteiger partial charge is 0.472 e. The molecule has 0 aliphatic rings. The molecule has 0 radical (unpaired) electrons. The van der Waals surface area contributed by atoms with Crippen molar-refractivity contribution in [3.63, 3.8) is 0 Å². The first-order chi connectivity index (χ1) is 46.8. The Hall–Kier alpha value is -1.94. The van der Waals surface area contributed by atoms with Crippen molar-refractivity contribution in [2.75, 3.05) is 39.6 Å². The first-order valence-electron chi connectivity index (χ1n) is 40.4. The molecule has 0 aliphatic heterocycles. The predicted octanol–water partition coefficient (Wildman–Crippen LogP) is 23.0. The maximum Gasteiger partial charge on any atom is 0.472 e. The lowest BCUT2D eigenvalue weighted by atomic mass is 9.99. The van der Waals surface area contributed by atoms with Gasteiger partial charge in [0.05, 0.1) is 26.4 Å². The fraction of sp³-hybridized carbons (Fsp3) is 0.949. The molecule has 576 valence electrons. The molecule has 3 unspecified atom stereocenters. The highest BCUT2D eigenvalue weighted by Gasteiger charge is 2.30. The van der Waals surface area contributed by atoms with Gasteiger partial charge in [-0.25, -0.2) is 9.13 Å². The number of aliphatic hydroxyl groups is 1. The summed E-state index contributed by atoms with van der Waals surface area (Å²) in [6.45, 7) is 12.0. The number of ether oxygens (including phenoxy) is 4. The van der Waals surface area contributed by atoms with Crippen LogP contribution < -0.4 is 0 Å². The molecule has 0 heterocycles. The maximum atomic E-state index is 13.1. The van der Waals surface area contributed by atoms with E-state index in [4.69, 9.17) is 37.0 Å². The molecule has 0 aromatic heterocycles. The molecule has 3 N–H and O–H groups in total. The van der Waals surface area contributed by atoms with Crippen LogP contribution >= 0.6 is 15.6 Å². The quantitative estimate of drug-likeness (QED) is 0.0222. The van der Waals surface area contributed by atoms with Gasteiger partial charge in [-0.2, -0.15) is 0 Å². The number of hydrogen-bond acceptors (Lipinski definition) is 15. The number of carbonyl (C=O) groups is 4. The third kappa shape index (κ3) is 70.9. The van der Waals surface area contributed by atoms with E-state index in [2.05, 4.69) is 48.5 Å². The van der Waals surface area contributed by atoms with E-state index >= 15 is 0 Å². The van der Waals surface area contributed by atoms with Gasteiger partial charge in [0.1, 0.15) is 19.3 Å². The minimum atomic E-state index is -4.96. The molecule has 97 heavy (non-hydrogen) atoms. The molecule has 0 aromatic carbocycles. The topological polar surface area (TPSA) is 237 Å². The number of unbranched alkanes of at least 4 members (excludes halogenated alkanes) is 43. The Bertz CT molecular complexity index is 1890. The molecule has 0 amide bonds. The number of rotatable bonds is 76. The van der Waals surface area contributed by atoms with Crippen LogP contribution in [0.4, 0.5) is 0 Å². The van der Waals surface area contributed by atoms with Gasteiger partial charge in [0.15, 0.2) is 12.2 Å². The zero-order valence-corrected chi connectivity index (χ0v) is 65.3. The second kappa shape index (κ2) is 68.5. The molecule has 0 aromatic rings. The molecular weight excluding hydrogens is 1270 g/mol. The third-order valence-corrected chi connectivity index (χ3v) is 20.4. The van der Waals surface area contributed by atoms with E-state index in [1.807, 2.05) is 0 Å². The van der Waals surface area contributed by atoms with Gasteiger partial charge in [0, 0.05) is 25.7 Å². The van der Waals surface area contributed by atoms with Crippen molar-refractivity contribution in [3.05, 3.63) is 0 Å². The second-order valence-electron chi connectivity index (χ2n) is 29.3. The number of aliphatic hydroxyl groups excluding tert-OH is 1. The van der Waals surface area contributed by atoms with Crippen molar-refractivity contribution < 1.29 is 80.2 Å². The summed E-state index contributed by atoms with van der Waals surface area (Å²) in [7, 11) is -9.92. The van der Waals surface area contributed by atoms with Crippen LogP contribution in [0, 0.1) is 17.8 Å². The summed E-state index contributed by atoms with van der Waals surface area (Å²) in [6.07, 6.45) is 55.3. The summed E-state index contributed by atoms with van der Waals surface area (Å²) < 4.78 is 68.6. The lowest BCUT2D eigenvalue weighted by Gasteiger charge is -2.21. The summed E-state index contributed by atoms with van der Waals surface area (Å²) in [5, 5.41) is 10.6. The fourth-order valence-corrected chi connectivity index (χ4v) is 13.5. The van der Waals surface area contributed by atoms with Gasteiger partial charge >= 0.3 is 39.5 Å². The van der Waals surface area contributed by atoms with Gasteiger partial charge in [-0.15, -0.1) is 0 Å².